The minimum Gasteiger partial charge on any atom is -0.467 e. The van der Waals surface area contributed by atoms with Crippen LogP contribution in [0.1, 0.15) is 26.6 Å². The number of fused-ring (bicyclic) bond motifs is 1. The lowest BCUT2D eigenvalue weighted by atomic mass is 10.2. The van der Waals surface area contributed by atoms with Crippen LogP contribution in [0.3, 0.4) is 0 Å². The first-order chi connectivity index (χ1) is 13.9. The summed E-state index contributed by atoms with van der Waals surface area (Å²) in [6.45, 7) is 4.21. The van der Waals surface area contributed by atoms with Crippen LogP contribution in [0.4, 0.5) is 0 Å². The van der Waals surface area contributed by atoms with Crippen LogP contribution in [-0.2, 0) is 6.54 Å². The molecule has 0 atom stereocenters. The third-order valence-electron chi connectivity index (χ3n) is 4.65. The molecular formula is C21H17BrN2O3S2. The number of furan rings is 1. The minimum atomic E-state index is -0.105. The molecule has 0 saturated heterocycles. The third-order valence-corrected chi connectivity index (χ3v) is 7.25. The fourth-order valence-corrected chi connectivity index (χ4v) is 5.19. The van der Waals surface area contributed by atoms with Gasteiger partial charge in [0, 0.05) is 14.9 Å². The van der Waals surface area contributed by atoms with Crippen LogP contribution in [0.15, 0.2) is 61.5 Å². The van der Waals surface area contributed by atoms with Crippen LogP contribution in [0.25, 0.3) is 10.2 Å². The normalized spacial score (nSPS) is 11.3. The Hall–Kier alpha value is -2.16. The number of rotatable bonds is 6. The van der Waals surface area contributed by atoms with Crippen molar-refractivity contribution in [1.82, 2.24) is 9.55 Å². The van der Waals surface area contributed by atoms with E-state index in [9.17, 15) is 9.59 Å². The van der Waals surface area contributed by atoms with Crippen LogP contribution >= 0.6 is 39.0 Å². The average molecular weight is 489 g/mol. The van der Waals surface area contributed by atoms with E-state index in [4.69, 9.17) is 9.40 Å². The SMILES string of the molecule is Cc1sc2nc(SCC(=O)c3ccc(Br)cc3)n(Cc3ccco3)c(=O)c2c1C. The van der Waals surface area contributed by atoms with Gasteiger partial charge in [-0.2, -0.15) is 0 Å². The molecule has 3 aromatic heterocycles. The van der Waals surface area contributed by atoms with E-state index in [1.807, 2.05) is 32.0 Å². The second kappa shape index (κ2) is 8.30. The molecule has 4 aromatic rings. The van der Waals surface area contributed by atoms with Crippen LogP contribution < -0.4 is 5.56 Å². The highest BCUT2D eigenvalue weighted by Gasteiger charge is 2.19. The number of carbonyl (C=O) groups is 1. The molecule has 0 amide bonds. The van der Waals surface area contributed by atoms with E-state index in [-0.39, 0.29) is 23.6 Å². The lowest BCUT2D eigenvalue weighted by Crippen LogP contribution is -2.24. The van der Waals surface area contributed by atoms with Crippen LogP contribution in [0.5, 0.6) is 0 Å². The summed E-state index contributed by atoms with van der Waals surface area (Å²) in [5.41, 5.74) is 1.48. The summed E-state index contributed by atoms with van der Waals surface area (Å²) < 4.78 is 7.95. The second-order valence-electron chi connectivity index (χ2n) is 6.55. The quantitative estimate of drug-likeness (QED) is 0.205. The number of halogens is 1. The summed E-state index contributed by atoms with van der Waals surface area (Å²) in [5, 5.41) is 1.16. The monoisotopic (exact) mass is 488 g/mol. The van der Waals surface area contributed by atoms with E-state index >= 15 is 0 Å². The predicted molar refractivity (Wildman–Crippen MR) is 120 cm³/mol. The van der Waals surface area contributed by atoms with Gasteiger partial charge in [-0.1, -0.05) is 39.8 Å². The Morgan fingerprint density at radius 1 is 1.24 bits per heavy atom. The molecule has 4 rings (SSSR count). The zero-order chi connectivity index (χ0) is 20.5. The predicted octanol–water partition coefficient (Wildman–Crippen LogP) is 5.45. The van der Waals surface area contributed by atoms with Crippen molar-refractivity contribution >= 4 is 55.0 Å². The summed E-state index contributed by atoms with van der Waals surface area (Å²) >= 11 is 6.15. The van der Waals surface area contributed by atoms with Crippen molar-refractivity contribution in [2.45, 2.75) is 25.5 Å². The molecule has 0 N–H and O–H groups in total. The van der Waals surface area contributed by atoms with E-state index in [2.05, 4.69) is 15.9 Å². The van der Waals surface area contributed by atoms with Crippen molar-refractivity contribution in [3.8, 4) is 0 Å². The maximum atomic E-state index is 13.2. The Balaban J connectivity index is 1.70. The van der Waals surface area contributed by atoms with Crippen LogP contribution in [0, 0.1) is 13.8 Å². The van der Waals surface area contributed by atoms with Gasteiger partial charge in [-0.3, -0.25) is 14.2 Å². The average Bonchev–Trinajstić information content (AvgIpc) is 3.31. The first-order valence-corrected chi connectivity index (χ1v) is 11.5. The lowest BCUT2D eigenvalue weighted by Gasteiger charge is -2.11. The van der Waals surface area contributed by atoms with E-state index in [1.54, 1.807) is 29.0 Å². The number of benzene rings is 1. The minimum absolute atomic E-state index is 0.0139. The summed E-state index contributed by atoms with van der Waals surface area (Å²) in [6.07, 6.45) is 1.58. The molecule has 0 spiro atoms. The van der Waals surface area contributed by atoms with Gasteiger partial charge in [-0.05, 0) is 43.7 Å². The molecule has 1 aromatic carbocycles. The standard InChI is InChI=1S/C21H17BrN2O3S2/c1-12-13(2)29-19-18(12)20(26)24(10-16-4-3-9-27-16)21(23-19)28-11-17(25)14-5-7-15(22)8-6-14/h3-9H,10-11H2,1-2H3. The zero-order valence-corrected chi connectivity index (χ0v) is 19.0. The van der Waals surface area contributed by atoms with Gasteiger partial charge in [0.25, 0.3) is 5.56 Å². The Labute approximate surface area is 183 Å². The Bertz CT molecular complexity index is 1240. The smallest absolute Gasteiger partial charge is 0.263 e. The second-order valence-corrected chi connectivity index (χ2v) is 9.61. The molecule has 0 unspecified atom stereocenters. The lowest BCUT2D eigenvalue weighted by molar-refractivity contribution is 0.102. The number of aromatic nitrogens is 2. The van der Waals surface area contributed by atoms with Gasteiger partial charge in [0.15, 0.2) is 10.9 Å². The van der Waals surface area contributed by atoms with Gasteiger partial charge in [0.2, 0.25) is 0 Å². The molecule has 8 heteroatoms. The number of nitrogens with zero attached hydrogens (tertiary/aromatic N) is 2. The number of hydrogen-bond acceptors (Lipinski definition) is 6. The van der Waals surface area contributed by atoms with E-state index < -0.39 is 0 Å². The van der Waals surface area contributed by atoms with Crippen molar-refractivity contribution in [2.24, 2.45) is 0 Å². The highest BCUT2D eigenvalue weighted by Crippen LogP contribution is 2.29. The highest BCUT2D eigenvalue weighted by atomic mass is 79.9. The summed E-state index contributed by atoms with van der Waals surface area (Å²) in [7, 11) is 0. The summed E-state index contributed by atoms with van der Waals surface area (Å²) in [4.78, 5) is 32.3. The van der Waals surface area contributed by atoms with Gasteiger partial charge >= 0.3 is 0 Å². The largest absolute Gasteiger partial charge is 0.467 e. The molecule has 148 valence electrons. The number of aryl methyl sites for hydroxylation is 2. The van der Waals surface area contributed by atoms with E-state index in [1.165, 1.54) is 23.1 Å². The number of carbonyl (C=O) groups excluding carboxylic acids is 1. The van der Waals surface area contributed by atoms with E-state index in [0.717, 1.165) is 14.9 Å². The molecule has 0 fully saturated rings. The summed E-state index contributed by atoms with van der Waals surface area (Å²) in [6, 6.07) is 10.9. The fraction of sp³-hybridized carbons (Fsp3) is 0.190. The number of Topliss-reactive ketones (excluding diaryl/α,β-unsaturated/α-hetero) is 1. The summed E-state index contributed by atoms with van der Waals surface area (Å²) in [5.74, 6) is 0.847. The number of thiophene rings is 1. The van der Waals surface area contributed by atoms with Gasteiger partial charge in [0.05, 0.1) is 23.9 Å². The maximum absolute atomic E-state index is 13.2. The molecule has 3 heterocycles. The fourth-order valence-electron chi connectivity index (χ4n) is 2.97. The number of thioether (sulfide) groups is 1. The molecule has 0 aliphatic carbocycles. The number of hydrogen-bond donors (Lipinski definition) is 0. The molecule has 0 aliphatic heterocycles. The molecule has 0 aliphatic rings. The van der Waals surface area contributed by atoms with Crippen molar-refractivity contribution < 1.29 is 9.21 Å². The zero-order valence-electron chi connectivity index (χ0n) is 15.8. The highest BCUT2D eigenvalue weighted by molar-refractivity contribution is 9.10. The van der Waals surface area contributed by atoms with Gasteiger partial charge in [0.1, 0.15) is 10.6 Å². The van der Waals surface area contributed by atoms with E-state index in [0.29, 0.717) is 26.7 Å². The van der Waals surface area contributed by atoms with Gasteiger partial charge in [-0.15, -0.1) is 11.3 Å². The topological polar surface area (TPSA) is 65.1 Å². The first-order valence-electron chi connectivity index (χ1n) is 8.88. The molecule has 0 radical (unpaired) electrons. The van der Waals surface area contributed by atoms with Crippen molar-refractivity contribution in [2.75, 3.05) is 5.75 Å². The maximum Gasteiger partial charge on any atom is 0.263 e. The molecule has 29 heavy (non-hydrogen) atoms. The molecule has 0 saturated carbocycles. The third kappa shape index (κ3) is 4.10. The van der Waals surface area contributed by atoms with Crippen molar-refractivity contribution in [3.63, 3.8) is 0 Å². The van der Waals surface area contributed by atoms with Crippen LogP contribution in [0.2, 0.25) is 0 Å². The molecule has 0 bridgehead atoms. The van der Waals surface area contributed by atoms with Gasteiger partial charge < -0.3 is 4.42 Å². The van der Waals surface area contributed by atoms with Gasteiger partial charge in [-0.25, -0.2) is 4.98 Å². The number of ketones is 1. The molecular weight excluding hydrogens is 472 g/mol. The Morgan fingerprint density at radius 2 is 2.00 bits per heavy atom. The Morgan fingerprint density at radius 3 is 2.69 bits per heavy atom. The molecule has 5 nitrogen and oxygen atoms in total. The first kappa shape index (κ1) is 20.1. The Kier molecular flexibility index (Phi) is 5.76. The van der Waals surface area contributed by atoms with Crippen molar-refractivity contribution in [3.05, 3.63) is 79.3 Å². The van der Waals surface area contributed by atoms with Crippen molar-refractivity contribution in [1.29, 1.82) is 0 Å². The van der Waals surface area contributed by atoms with Crippen LogP contribution in [-0.4, -0.2) is 21.1 Å².